The molecule has 0 fully saturated rings. The minimum absolute atomic E-state index is 0.0879. The highest BCUT2D eigenvalue weighted by Gasteiger charge is 2.50. The van der Waals surface area contributed by atoms with E-state index in [1.54, 1.807) is 18.2 Å². The number of benzene rings is 1. The summed E-state index contributed by atoms with van der Waals surface area (Å²) in [6.07, 6.45) is -0.683. The quantitative estimate of drug-likeness (QED) is 0.251. The number of nitriles is 2. The molecule has 0 radical (unpaired) electrons. The molecule has 1 unspecified atom stereocenters. The van der Waals surface area contributed by atoms with E-state index in [0.717, 1.165) is 11.3 Å². The highest BCUT2D eigenvalue weighted by Crippen LogP contribution is 2.53. The fraction of sp³-hybridized carbons (Fsp3) is 0.286. The maximum absolute atomic E-state index is 12.8. The van der Waals surface area contributed by atoms with Crippen LogP contribution in [-0.4, -0.2) is 44.3 Å². The van der Waals surface area contributed by atoms with Crippen molar-refractivity contribution >= 4 is 29.2 Å². The molecular weight excluding hydrogens is 548 g/mol. The van der Waals surface area contributed by atoms with Gasteiger partial charge < -0.3 is 26.0 Å². The number of allylic oxidation sites excluding steroid dienone is 1. The van der Waals surface area contributed by atoms with E-state index in [-0.39, 0.29) is 34.6 Å². The van der Waals surface area contributed by atoms with Crippen LogP contribution in [0.1, 0.15) is 58.7 Å². The van der Waals surface area contributed by atoms with Crippen molar-refractivity contribution in [1.82, 2.24) is 15.5 Å². The van der Waals surface area contributed by atoms with Gasteiger partial charge in [-0.25, -0.2) is 4.79 Å². The van der Waals surface area contributed by atoms with Crippen LogP contribution in [0.25, 0.3) is 10.4 Å². The average molecular weight is 575 g/mol. The Morgan fingerprint density at radius 1 is 1.20 bits per heavy atom. The van der Waals surface area contributed by atoms with Gasteiger partial charge in [-0.1, -0.05) is 13.8 Å². The molecule has 0 saturated carbocycles. The molecule has 3 aromatic rings. The van der Waals surface area contributed by atoms with Crippen LogP contribution in [0.3, 0.4) is 0 Å². The average Bonchev–Trinajstić information content (AvgIpc) is 3.57. The van der Waals surface area contributed by atoms with E-state index in [9.17, 15) is 30.0 Å². The predicted octanol–water partition coefficient (Wildman–Crippen LogP) is 3.39. The van der Waals surface area contributed by atoms with Gasteiger partial charge in [0.15, 0.2) is 0 Å². The van der Waals surface area contributed by atoms with E-state index >= 15 is 0 Å². The molecule has 3 heterocycles. The summed E-state index contributed by atoms with van der Waals surface area (Å²) in [4.78, 5) is 36.0. The van der Waals surface area contributed by atoms with Gasteiger partial charge in [0.1, 0.15) is 17.7 Å². The van der Waals surface area contributed by atoms with Crippen LogP contribution in [0, 0.1) is 35.5 Å². The number of aromatic nitrogens is 2. The number of aryl methyl sites for hydroxylation is 1. The topological polar surface area (TPSA) is 215 Å². The minimum Gasteiger partial charge on any atom is -0.481 e. The number of carboxylic acid groups (broad SMARTS) is 2. The molecule has 13 heteroatoms. The number of amides is 1. The third kappa shape index (κ3) is 5.11. The van der Waals surface area contributed by atoms with E-state index in [1.807, 2.05) is 26.8 Å². The lowest BCUT2D eigenvalue weighted by molar-refractivity contribution is -0.140. The summed E-state index contributed by atoms with van der Waals surface area (Å²) in [7, 11) is 0. The SMILES string of the molecule is Cc1[nH]nc2c1C(c1cc(C#N)cc(-c3ccc(C(=O)N[C@@H](CCC(=O)O)C(=O)O)s3)c1)(C(C)C)C(C#N)=C(N)O2. The molecule has 41 heavy (non-hydrogen) atoms. The molecule has 1 aromatic carbocycles. The highest BCUT2D eigenvalue weighted by molar-refractivity contribution is 7.17. The Hall–Kier alpha value is -5.14. The van der Waals surface area contributed by atoms with Crippen molar-refractivity contribution in [2.75, 3.05) is 0 Å². The zero-order valence-electron chi connectivity index (χ0n) is 22.3. The number of fused-ring (bicyclic) bond motifs is 1. The molecule has 0 spiro atoms. The molecule has 1 amide bonds. The second kappa shape index (κ2) is 11.2. The van der Waals surface area contributed by atoms with Gasteiger partial charge in [-0.15, -0.1) is 16.4 Å². The van der Waals surface area contributed by atoms with E-state index in [1.165, 1.54) is 6.07 Å². The first kappa shape index (κ1) is 28.9. The lowest BCUT2D eigenvalue weighted by Crippen LogP contribution is -2.41. The Bertz CT molecular complexity index is 1670. The van der Waals surface area contributed by atoms with Crippen LogP contribution in [-0.2, 0) is 15.0 Å². The Balaban J connectivity index is 1.81. The van der Waals surface area contributed by atoms with Crippen LogP contribution in [0.15, 0.2) is 41.8 Å². The van der Waals surface area contributed by atoms with Gasteiger partial charge in [0, 0.05) is 17.0 Å². The molecule has 4 rings (SSSR count). The van der Waals surface area contributed by atoms with Gasteiger partial charge in [0.05, 0.1) is 27.5 Å². The molecule has 0 bridgehead atoms. The van der Waals surface area contributed by atoms with Crippen molar-refractivity contribution in [2.45, 2.75) is 45.1 Å². The standard InChI is InChI=1S/C28H26N6O6S/c1-13(2)28(18(12-30)24(31)40-26-23(28)14(3)33-34-26)17-9-15(11-29)8-16(10-17)20-5-6-21(41-20)25(37)32-19(27(38)39)4-7-22(35)36/h5-6,8-10,13,19H,4,7,31H2,1-3H3,(H,32,37)(H,33,34)(H,35,36)(H,38,39)/t19-,28?/m0/s1. The van der Waals surface area contributed by atoms with E-state index in [4.69, 9.17) is 15.6 Å². The van der Waals surface area contributed by atoms with Crippen molar-refractivity contribution in [2.24, 2.45) is 11.7 Å². The summed E-state index contributed by atoms with van der Waals surface area (Å²) in [5, 5.41) is 47.9. The smallest absolute Gasteiger partial charge is 0.326 e. The van der Waals surface area contributed by atoms with Crippen molar-refractivity contribution in [3.8, 4) is 28.5 Å². The number of hydrogen-bond donors (Lipinski definition) is 5. The number of aliphatic carboxylic acids is 2. The molecular formula is C28H26N6O6S. The number of aromatic amines is 1. The summed E-state index contributed by atoms with van der Waals surface area (Å²) in [6.45, 7) is 5.67. The van der Waals surface area contributed by atoms with Gasteiger partial charge in [0.2, 0.25) is 11.8 Å². The Kier molecular flexibility index (Phi) is 7.85. The van der Waals surface area contributed by atoms with Crippen molar-refractivity contribution < 1.29 is 29.3 Å². The van der Waals surface area contributed by atoms with Crippen molar-refractivity contribution in [1.29, 1.82) is 10.5 Å². The number of carboxylic acids is 2. The third-order valence-electron chi connectivity index (χ3n) is 7.02. The number of hydrogen-bond acceptors (Lipinski definition) is 9. The van der Waals surface area contributed by atoms with Gasteiger partial charge in [-0.05, 0) is 60.7 Å². The number of rotatable bonds is 9. The highest BCUT2D eigenvalue weighted by atomic mass is 32.1. The summed E-state index contributed by atoms with van der Waals surface area (Å²) in [5.74, 6) is -3.26. The zero-order chi connectivity index (χ0) is 30.1. The van der Waals surface area contributed by atoms with E-state index < -0.39 is 35.7 Å². The number of carbonyl (C=O) groups is 3. The van der Waals surface area contributed by atoms with Crippen molar-refractivity contribution in [3.05, 3.63) is 69.0 Å². The predicted molar refractivity (Wildman–Crippen MR) is 147 cm³/mol. The van der Waals surface area contributed by atoms with Crippen LogP contribution < -0.4 is 15.8 Å². The summed E-state index contributed by atoms with van der Waals surface area (Å²) < 4.78 is 5.67. The Labute approximate surface area is 238 Å². The number of carbonyl (C=O) groups excluding carboxylic acids is 1. The molecule has 0 aliphatic carbocycles. The molecule has 1 aliphatic rings. The van der Waals surface area contributed by atoms with Crippen LogP contribution in [0.2, 0.25) is 0 Å². The van der Waals surface area contributed by atoms with Gasteiger partial charge in [-0.2, -0.15) is 10.5 Å². The number of nitrogens with one attached hydrogen (secondary N) is 2. The molecule has 210 valence electrons. The normalized spacial score (nSPS) is 16.7. The summed E-state index contributed by atoms with van der Waals surface area (Å²) in [6, 6.07) is 11.4. The third-order valence-corrected chi connectivity index (χ3v) is 8.15. The number of ether oxygens (including phenoxy) is 1. The molecule has 1 aliphatic heterocycles. The fourth-order valence-corrected chi connectivity index (χ4v) is 6.09. The van der Waals surface area contributed by atoms with E-state index in [0.29, 0.717) is 32.8 Å². The second-order valence-corrected chi connectivity index (χ2v) is 10.9. The van der Waals surface area contributed by atoms with Gasteiger partial charge in [-0.3, -0.25) is 14.7 Å². The van der Waals surface area contributed by atoms with Crippen LogP contribution in [0.4, 0.5) is 0 Å². The number of nitrogens with zero attached hydrogens (tertiary/aromatic N) is 3. The van der Waals surface area contributed by atoms with E-state index in [2.05, 4.69) is 27.7 Å². The first-order valence-corrected chi connectivity index (χ1v) is 13.3. The van der Waals surface area contributed by atoms with Crippen LogP contribution >= 0.6 is 11.3 Å². The summed E-state index contributed by atoms with van der Waals surface area (Å²) >= 11 is 1.08. The second-order valence-electron chi connectivity index (χ2n) is 9.82. The fourth-order valence-electron chi connectivity index (χ4n) is 5.19. The Morgan fingerprint density at radius 2 is 1.93 bits per heavy atom. The molecule has 12 nitrogen and oxygen atoms in total. The number of H-pyrrole nitrogens is 1. The minimum atomic E-state index is -1.37. The first-order chi connectivity index (χ1) is 19.4. The maximum atomic E-state index is 12.8. The Morgan fingerprint density at radius 3 is 2.54 bits per heavy atom. The molecule has 6 N–H and O–H groups in total. The molecule has 2 aromatic heterocycles. The van der Waals surface area contributed by atoms with Crippen LogP contribution in [0.5, 0.6) is 5.88 Å². The summed E-state index contributed by atoms with van der Waals surface area (Å²) in [5.41, 5.74) is 8.09. The number of nitrogens with two attached hydrogens (primary N) is 1. The van der Waals surface area contributed by atoms with Gasteiger partial charge >= 0.3 is 11.9 Å². The zero-order valence-corrected chi connectivity index (χ0v) is 23.1. The first-order valence-electron chi connectivity index (χ1n) is 12.5. The van der Waals surface area contributed by atoms with Crippen molar-refractivity contribution in [3.63, 3.8) is 0 Å². The maximum Gasteiger partial charge on any atom is 0.326 e. The molecule has 2 atom stereocenters. The largest absolute Gasteiger partial charge is 0.481 e. The monoisotopic (exact) mass is 574 g/mol. The molecule has 0 saturated heterocycles. The number of thiophene rings is 1. The lowest BCUT2D eigenvalue weighted by atomic mass is 9.61. The lowest BCUT2D eigenvalue weighted by Gasteiger charge is -2.41. The van der Waals surface area contributed by atoms with Gasteiger partial charge in [0.25, 0.3) is 5.91 Å².